The number of aromatic hydroxyl groups is 3. The van der Waals surface area contributed by atoms with Crippen LogP contribution in [-0.2, 0) is 4.74 Å². The lowest BCUT2D eigenvalue weighted by atomic mass is 10.00. The van der Waals surface area contributed by atoms with Gasteiger partial charge in [-0.05, 0) is 19.1 Å². The van der Waals surface area contributed by atoms with Crippen LogP contribution < -0.4 is 19.6 Å². The first-order valence-electron chi connectivity index (χ1n) is 10.4. The summed E-state index contributed by atoms with van der Waals surface area (Å²) in [5.41, 5.74) is -1.05. The van der Waals surface area contributed by atoms with Gasteiger partial charge in [-0.1, -0.05) is 0 Å². The standard InChI is InChI=1S/C23H24O12/c1-8-16(27)18(29)19(30)23(33-8)35-22-17(28)15-11(25)6-10(24)7-13(15)34-20(22)9-4-12(26)21(32-3)14(5-9)31-2/h4-8,16,18-19,23-27,29-30H,1-3H3/t8-,16-,18+,19-,23-/m0/s1. The molecule has 0 radical (unpaired) electrons. The average Bonchev–Trinajstić information content (AvgIpc) is 2.81. The lowest BCUT2D eigenvalue weighted by Crippen LogP contribution is -2.58. The highest BCUT2D eigenvalue weighted by Crippen LogP contribution is 2.44. The van der Waals surface area contributed by atoms with E-state index in [0.717, 1.165) is 12.1 Å². The summed E-state index contributed by atoms with van der Waals surface area (Å²) >= 11 is 0. The summed E-state index contributed by atoms with van der Waals surface area (Å²) in [6.45, 7) is 1.43. The molecule has 12 heteroatoms. The minimum atomic E-state index is -1.75. The minimum absolute atomic E-state index is 0.00844. The molecule has 12 nitrogen and oxygen atoms in total. The van der Waals surface area contributed by atoms with Gasteiger partial charge in [0.15, 0.2) is 17.3 Å². The van der Waals surface area contributed by atoms with Gasteiger partial charge in [-0.2, -0.15) is 0 Å². The van der Waals surface area contributed by atoms with Crippen molar-refractivity contribution in [1.82, 2.24) is 0 Å². The van der Waals surface area contributed by atoms with E-state index in [0.29, 0.717) is 0 Å². The summed E-state index contributed by atoms with van der Waals surface area (Å²) in [5, 5.41) is 60.7. The van der Waals surface area contributed by atoms with Crippen molar-refractivity contribution in [3.8, 4) is 45.8 Å². The Bertz CT molecular complexity index is 1320. The molecule has 4 rings (SSSR count). The Morgan fingerprint density at radius 1 is 0.857 bits per heavy atom. The molecule has 0 bridgehead atoms. The van der Waals surface area contributed by atoms with Gasteiger partial charge in [0.2, 0.25) is 23.2 Å². The van der Waals surface area contributed by atoms with Crippen molar-refractivity contribution in [2.45, 2.75) is 37.6 Å². The largest absolute Gasteiger partial charge is 0.508 e. The topological polar surface area (TPSA) is 189 Å². The Balaban J connectivity index is 1.96. The second-order valence-electron chi connectivity index (χ2n) is 7.96. The summed E-state index contributed by atoms with van der Waals surface area (Å²) in [6, 6.07) is 4.59. The van der Waals surface area contributed by atoms with Gasteiger partial charge < -0.3 is 54.0 Å². The number of phenols is 3. The van der Waals surface area contributed by atoms with Gasteiger partial charge in [0.25, 0.3) is 0 Å². The fourth-order valence-electron chi connectivity index (χ4n) is 3.87. The van der Waals surface area contributed by atoms with E-state index in [-0.39, 0.29) is 45.3 Å². The summed E-state index contributed by atoms with van der Waals surface area (Å²) in [6.07, 6.45) is -7.39. The second-order valence-corrected chi connectivity index (χ2v) is 7.96. The fourth-order valence-corrected chi connectivity index (χ4v) is 3.87. The third-order valence-electron chi connectivity index (χ3n) is 5.68. The van der Waals surface area contributed by atoms with Gasteiger partial charge in [-0.15, -0.1) is 0 Å². The number of benzene rings is 2. The molecular weight excluding hydrogens is 468 g/mol. The normalized spacial score (nSPS) is 24.3. The SMILES string of the molecule is COc1cc(-c2oc3cc(O)cc(O)c3c(=O)c2O[C@@H]2O[C@@H](C)[C@H](O)[C@@H](O)[C@@H]2O)cc(O)c1OC. The molecule has 2 aromatic carbocycles. The number of phenolic OH excluding ortho intramolecular Hbond substituents is 3. The zero-order valence-corrected chi connectivity index (χ0v) is 18.8. The zero-order valence-electron chi connectivity index (χ0n) is 18.8. The maximum Gasteiger partial charge on any atom is 0.239 e. The van der Waals surface area contributed by atoms with Gasteiger partial charge in [0.05, 0.1) is 20.3 Å². The van der Waals surface area contributed by atoms with Crippen LogP contribution in [0.3, 0.4) is 0 Å². The van der Waals surface area contributed by atoms with E-state index in [2.05, 4.69) is 0 Å². The van der Waals surface area contributed by atoms with Crippen LogP contribution in [0.25, 0.3) is 22.3 Å². The number of hydrogen-bond donors (Lipinski definition) is 6. The molecule has 3 aromatic rings. The average molecular weight is 492 g/mol. The van der Waals surface area contributed by atoms with E-state index < -0.39 is 47.6 Å². The van der Waals surface area contributed by atoms with Crippen LogP contribution in [0, 0.1) is 0 Å². The highest BCUT2D eigenvalue weighted by Gasteiger charge is 2.44. The van der Waals surface area contributed by atoms with Crippen molar-refractivity contribution in [2.24, 2.45) is 0 Å². The molecule has 0 aliphatic carbocycles. The molecule has 2 heterocycles. The Morgan fingerprint density at radius 3 is 2.23 bits per heavy atom. The first-order chi connectivity index (χ1) is 16.6. The molecule has 1 aliphatic heterocycles. The van der Waals surface area contributed by atoms with Crippen LogP contribution in [0.15, 0.2) is 33.5 Å². The summed E-state index contributed by atoms with van der Waals surface area (Å²) in [5.74, 6) is -2.10. The fraction of sp³-hybridized carbons (Fsp3) is 0.348. The van der Waals surface area contributed by atoms with Crippen molar-refractivity contribution < 1.29 is 54.0 Å². The van der Waals surface area contributed by atoms with Gasteiger partial charge in [0.1, 0.15) is 40.8 Å². The zero-order chi connectivity index (χ0) is 25.6. The van der Waals surface area contributed by atoms with Crippen molar-refractivity contribution in [1.29, 1.82) is 0 Å². The molecule has 6 N–H and O–H groups in total. The summed E-state index contributed by atoms with van der Waals surface area (Å²) in [7, 11) is 2.64. The van der Waals surface area contributed by atoms with Crippen LogP contribution in [-0.4, -0.2) is 75.6 Å². The van der Waals surface area contributed by atoms with E-state index in [1.54, 1.807) is 0 Å². The van der Waals surface area contributed by atoms with E-state index in [1.165, 1.54) is 33.3 Å². The van der Waals surface area contributed by atoms with Crippen molar-refractivity contribution in [3.05, 3.63) is 34.5 Å². The number of aliphatic hydroxyl groups is 3. The highest BCUT2D eigenvalue weighted by atomic mass is 16.7. The molecule has 0 saturated carbocycles. The van der Waals surface area contributed by atoms with Crippen LogP contribution in [0.5, 0.6) is 34.5 Å². The van der Waals surface area contributed by atoms with Gasteiger partial charge >= 0.3 is 0 Å². The van der Waals surface area contributed by atoms with Gasteiger partial charge in [-0.3, -0.25) is 4.79 Å². The van der Waals surface area contributed by atoms with Crippen LogP contribution >= 0.6 is 0 Å². The van der Waals surface area contributed by atoms with Crippen LogP contribution in [0.4, 0.5) is 0 Å². The number of methoxy groups -OCH3 is 2. The summed E-state index contributed by atoms with van der Waals surface area (Å²) < 4.78 is 27.2. The molecular formula is C23H24O12. The Hall–Kier alpha value is -3.71. The quantitative estimate of drug-likeness (QED) is 0.294. The Morgan fingerprint density at radius 2 is 1.57 bits per heavy atom. The van der Waals surface area contributed by atoms with E-state index in [4.69, 9.17) is 23.4 Å². The minimum Gasteiger partial charge on any atom is -0.508 e. The molecule has 0 spiro atoms. The predicted molar refractivity (Wildman–Crippen MR) is 119 cm³/mol. The molecule has 5 atom stereocenters. The van der Waals surface area contributed by atoms with Crippen molar-refractivity contribution in [2.75, 3.05) is 14.2 Å². The third kappa shape index (κ3) is 4.17. The number of ether oxygens (including phenoxy) is 4. The van der Waals surface area contributed by atoms with E-state index in [1.807, 2.05) is 0 Å². The number of rotatable bonds is 5. The molecule has 0 amide bonds. The van der Waals surface area contributed by atoms with Crippen LogP contribution in [0.2, 0.25) is 0 Å². The van der Waals surface area contributed by atoms with E-state index in [9.17, 15) is 35.4 Å². The monoisotopic (exact) mass is 492 g/mol. The lowest BCUT2D eigenvalue weighted by Gasteiger charge is -2.38. The number of fused-ring (bicyclic) bond motifs is 1. The molecule has 35 heavy (non-hydrogen) atoms. The van der Waals surface area contributed by atoms with Gasteiger partial charge in [0, 0.05) is 17.7 Å². The molecule has 1 aliphatic rings. The van der Waals surface area contributed by atoms with Crippen molar-refractivity contribution in [3.63, 3.8) is 0 Å². The van der Waals surface area contributed by atoms with Crippen molar-refractivity contribution >= 4 is 11.0 Å². The summed E-state index contributed by atoms with van der Waals surface area (Å²) in [4.78, 5) is 13.4. The first kappa shape index (κ1) is 24.4. The molecule has 188 valence electrons. The number of aliphatic hydroxyl groups excluding tert-OH is 3. The molecule has 0 unspecified atom stereocenters. The number of hydrogen-bond acceptors (Lipinski definition) is 12. The molecule has 1 fully saturated rings. The van der Waals surface area contributed by atoms with Gasteiger partial charge in [-0.25, -0.2) is 0 Å². The molecule has 1 saturated heterocycles. The molecule has 1 aromatic heterocycles. The maximum atomic E-state index is 13.4. The predicted octanol–water partition coefficient (Wildman–Crippen LogP) is 0.800. The Kier molecular flexibility index (Phi) is 6.38. The van der Waals surface area contributed by atoms with Crippen LogP contribution in [0.1, 0.15) is 6.92 Å². The lowest BCUT2D eigenvalue weighted by molar-refractivity contribution is -0.268. The Labute approximate surface area is 197 Å². The maximum absolute atomic E-state index is 13.4. The highest BCUT2D eigenvalue weighted by molar-refractivity contribution is 5.88. The smallest absolute Gasteiger partial charge is 0.239 e. The first-order valence-corrected chi connectivity index (χ1v) is 10.4. The second kappa shape index (κ2) is 9.15. The third-order valence-corrected chi connectivity index (χ3v) is 5.68. The van der Waals surface area contributed by atoms with E-state index >= 15 is 0 Å².